The van der Waals surface area contributed by atoms with E-state index in [-0.39, 0.29) is 23.7 Å². The first-order valence-electron chi connectivity index (χ1n) is 10.1. The van der Waals surface area contributed by atoms with Crippen molar-refractivity contribution in [1.82, 2.24) is 0 Å². The maximum Gasteiger partial charge on any atom is 0.170 e. The number of ketones is 1. The van der Waals surface area contributed by atoms with E-state index in [0.29, 0.717) is 23.7 Å². The summed E-state index contributed by atoms with van der Waals surface area (Å²) >= 11 is 0. The number of carbonyl (C=O) groups excluding carboxylic acids is 1. The Balaban J connectivity index is 1.93. The Labute approximate surface area is 172 Å². The predicted molar refractivity (Wildman–Crippen MR) is 112 cm³/mol. The fourth-order valence-corrected chi connectivity index (χ4v) is 4.21. The number of Topliss-reactive ketones (excluding diaryl/α,β-unsaturated/α-hetero) is 1. The lowest BCUT2D eigenvalue weighted by Gasteiger charge is -2.35. The molecule has 0 spiro atoms. The van der Waals surface area contributed by atoms with Crippen molar-refractivity contribution in [2.45, 2.75) is 38.2 Å². The Morgan fingerprint density at radius 1 is 0.966 bits per heavy atom. The second-order valence-electron chi connectivity index (χ2n) is 7.32. The molecule has 0 aromatic heterocycles. The molecule has 0 heterocycles. The maximum atomic E-state index is 13.6. The number of ether oxygens (including phenoxy) is 4. The summed E-state index contributed by atoms with van der Waals surface area (Å²) in [7, 11) is 4.93. The third-order valence-corrected chi connectivity index (χ3v) is 5.76. The molecule has 0 amide bonds. The summed E-state index contributed by atoms with van der Waals surface area (Å²) in [5, 5.41) is 0. The van der Waals surface area contributed by atoms with Gasteiger partial charge in [0.05, 0.1) is 32.5 Å². The van der Waals surface area contributed by atoms with Crippen LogP contribution in [-0.4, -0.2) is 39.8 Å². The van der Waals surface area contributed by atoms with Crippen LogP contribution in [0.5, 0.6) is 17.2 Å². The zero-order valence-corrected chi connectivity index (χ0v) is 17.6. The topological polar surface area (TPSA) is 54.0 Å². The van der Waals surface area contributed by atoms with Crippen LogP contribution in [0, 0.1) is 5.92 Å². The van der Waals surface area contributed by atoms with Gasteiger partial charge in [-0.05, 0) is 68.0 Å². The Bertz CT molecular complexity index is 815. The van der Waals surface area contributed by atoms with E-state index in [1.54, 1.807) is 39.5 Å². The Hall–Kier alpha value is -2.53. The summed E-state index contributed by atoms with van der Waals surface area (Å²) in [6.07, 6.45) is 2.61. The first kappa shape index (κ1) is 21.2. The van der Waals surface area contributed by atoms with Gasteiger partial charge in [0.2, 0.25) is 0 Å². The van der Waals surface area contributed by atoms with Crippen LogP contribution >= 0.6 is 0 Å². The zero-order valence-electron chi connectivity index (χ0n) is 17.6. The van der Waals surface area contributed by atoms with Crippen LogP contribution in [0.2, 0.25) is 0 Å². The summed E-state index contributed by atoms with van der Waals surface area (Å²) in [6, 6.07) is 13.5. The minimum Gasteiger partial charge on any atom is -0.497 e. The lowest BCUT2D eigenvalue weighted by Crippen LogP contribution is -2.32. The molecule has 156 valence electrons. The van der Waals surface area contributed by atoms with Gasteiger partial charge in [-0.1, -0.05) is 12.1 Å². The molecule has 1 fully saturated rings. The quantitative estimate of drug-likeness (QED) is 0.593. The molecule has 3 atom stereocenters. The van der Waals surface area contributed by atoms with Crippen LogP contribution in [0.3, 0.4) is 0 Å². The summed E-state index contributed by atoms with van der Waals surface area (Å²) in [5.74, 6) is 2.10. The standard InChI is InChI=1S/C24H30O5/c1-5-29-17-8-6-16(7-9-17)21-14-18(26-2)10-12-20(21)24(25)22-15-19(27-3)11-13-23(22)28-4/h6-9,11,13,15,18,20-21H,5,10,12,14H2,1-4H3. The minimum atomic E-state index is -0.139. The number of hydrogen-bond donors (Lipinski definition) is 0. The summed E-state index contributed by atoms with van der Waals surface area (Å²) in [5.41, 5.74) is 1.71. The van der Waals surface area contributed by atoms with Gasteiger partial charge in [0.1, 0.15) is 17.2 Å². The molecular weight excluding hydrogens is 368 g/mol. The highest BCUT2D eigenvalue weighted by molar-refractivity contribution is 6.01. The fourth-order valence-electron chi connectivity index (χ4n) is 4.21. The van der Waals surface area contributed by atoms with E-state index >= 15 is 0 Å². The molecule has 2 aromatic carbocycles. The largest absolute Gasteiger partial charge is 0.497 e. The number of hydrogen-bond acceptors (Lipinski definition) is 5. The molecule has 0 aliphatic heterocycles. The first-order chi connectivity index (χ1) is 14.1. The molecule has 3 unspecified atom stereocenters. The second-order valence-corrected chi connectivity index (χ2v) is 7.32. The Morgan fingerprint density at radius 2 is 1.69 bits per heavy atom. The van der Waals surface area contributed by atoms with Crippen LogP contribution in [0.4, 0.5) is 0 Å². The van der Waals surface area contributed by atoms with Crippen molar-refractivity contribution >= 4 is 5.78 Å². The Kier molecular flexibility index (Phi) is 7.15. The number of methoxy groups -OCH3 is 3. The molecule has 1 aliphatic rings. The van der Waals surface area contributed by atoms with E-state index in [2.05, 4.69) is 12.1 Å². The van der Waals surface area contributed by atoms with Crippen LogP contribution < -0.4 is 14.2 Å². The van der Waals surface area contributed by atoms with E-state index in [4.69, 9.17) is 18.9 Å². The number of rotatable bonds is 8. The molecule has 3 rings (SSSR count). The monoisotopic (exact) mass is 398 g/mol. The van der Waals surface area contributed by atoms with Gasteiger partial charge >= 0.3 is 0 Å². The normalized spacial score (nSPS) is 21.4. The molecule has 0 bridgehead atoms. The van der Waals surface area contributed by atoms with Gasteiger partial charge in [0.15, 0.2) is 5.78 Å². The van der Waals surface area contributed by atoms with Crippen molar-refractivity contribution in [2.24, 2.45) is 5.92 Å². The van der Waals surface area contributed by atoms with Gasteiger partial charge in [-0.2, -0.15) is 0 Å². The highest BCUT2D eigenvalue weighted by atomic mass is 16.5. The van der Waals surface area contributed by atoms with E-state index < -0.39 is 0 Å². The second kappa shape index (κ2) is 9.79. The van der Waals surface area contributed by atoms with Crippen molar-refractivity contribution in [3.05, 3.63) is 53.6 Å². The van der Waals surface area contributed by atoms with Gasteiger partial charge in [0, 0.05) is 13.0 Å². The summed E-state index contributed by atoms with van der Waals surface area (Å²) < 4.78 is 22.0. The lowest BCUT2D eigenvalue weighted by atomic mass is 9.71. The first-order valence-corrected chi connectivity index (χ1v) is 10.1. The van der Waals surface area contributed by atoms with E-state index in [1.807, 2.05) is 19.1 Å². The van der Waals surface area contributed by atoms with Crippen LogP contribution in [-0.2, 0) is 4.74 Å². The minimum absolute atomic E-state index is 0.0767. The zero-order chi connectivity index (χ0) is 20.8. The van der Waals surface area contributed by atoms with Crippen LogP contribution in [0.15, 0.2) is 42.5 Å². The predicted octanol–water partition coefficient (Wildman–Crippen LogP) is 4.88. The highest BCUT2D eigenvalue weighted by Gasteiger charge is 2.37. The third-order valence-electron chi connectivity index (χ3n) is 5.76. The van der Waals surface area contributed by atoms with Crippen molar-refractivity contribution in [3.8, 4) is 17.2 Å². The molecule has 1 aliphatic carbocycles. The molecule has 29 heavy (non-hydrogen) atoms. The smallest absolute Gasteiger partial charge is 0.170 e. The third kappa shape index (κ3) is 4.73. The van der Waals surface area contributed by atoms with Gasteiger partial charge in [0.25, 0.3) is 0 Å². The molecular formula is C24H30O5. The SMILES string of the molecule is CCOc1ccc(C2CC(OC)CCC2C(=O)c2cc(OC)ccc2OC)cc1. The molecule has 1 saturated carbocycles. The molecule has 0 radical (unpaired) electrons. The average Bonchev–Trinajstić information content (AvgIpc) is 2.78. The summed E-state index contributed by atoms with van der Waals surface area (Å²) in [6.45, 7) is 2.60. The van der Waals surface area contributed by atoms with Gasteiger partial charge in [-0.25, -0.2) is 0 Å². The van der Waals surface area contributed by atoms with Crippen LogP contribution in [0.25, 0.3) is 0 Å². The molecule has 2 aromatic rings. The molecule has 5 heteroatoms. The number of carbonyl (C=O) groups is 1. The maximum absolute atomic E-state index is 13.6. The Morgan fingerprint density at radius 3 is 2.31 bits per heavy atom. The summed E-state index contributed by atoms with van der Waals surface area (Å²) in [4.78, 5) is 13.6. The van der Waals surface area contributed by atoms with Crippen LogP contribution in [0.1, 0.15) is 48.0 Å². The van der Waals surface area contributed by atoms with Gasteiger partial charge in [-0.3, -0.25) is 4.79 Å². The average molecular weight is 398 g/mol. The van der Waals surface area contributed by atoms with Gasteiger partial charge in [-0.15, -0.1) is 0 Å². The molecule has 0 N–H and O–H groups in total. The van der Waals surface area contributed by atoms with E-state index in [9.17, 15) is 4.79 Å². The number of benzene rings is 2. The molecule has 5 nitrogen and oxygen atoms in total. The van der Waals surface area contributed by atoms with Crippen molar-refractivity contribution in [3.63, 3.8) is 0 Å². The van der Waals surface area contributed by atoms with Crippen molar-refractivity contribution in [1.29, 1.82) is 0 Å². The molecule has 0 saturated heterocycles. The van der Waals surface area contributed by atoms with Crippen molar-refractivity contribution in [2.75, 3.05) is 27.9 Å². The van der Waals surface area contributed by atoms with Crippen molar-refractivity contribution < 1.29 is 23.7 Å². The fraction of sp³-hybridized carbons (Fsp3) is 0.458. The highest BCUT2D eigenvalue weighted by Crippen LogP contribution is 2.42. The van der Waals surface area contributed by atoms with Gasteiger partial charge < -0.3 is 18.9 Å². The lowest BCUT2D eigenvalue weighted by molar-refractivity contribution is 0.0430. The van der Waals surface area contributed by atoms with E-state index in [1.165, 1.54) is 0 Å². The van der Waals surface area contributed by atoms with E-state index in [0.717, 1.165) is 30.6 Å².